The van der Waals surface area contributed by atoms with Gasteiger partial charge in [0.1, 0.15) is 0 Å². The summed E-state index contributed by atoms with van der Waals surface area (Å²) in [6, 6.07) is 0. The quantitative estimate of drug-likeness (QED) is 0.141. The summed E-state index contributed by atoms with van der Waals surface area (Å²) < 4.78 is 429. The van der Waals surface area contributed by atoms with Crippen LogP contribution in [-0.2, 0) is 4.74 Å². The largest absolute Gasteiger partial charge is 0.430 e. The zero-order valence-corrected chi connectivity index (χ0v) is 22.5. The van der Waals surface area contributed by atoms with Crippen molar-refractivity contribution in [2.24, 2.45) is 0 Å². The predicted molar refractivity (Wildman–Crippen MR) is 91.6 cm³/mol. The van der Waals surface area contributed by atoms with Gasteiger partial charge in [0.05, 0.1) is 0 Å². The van der Waals surface area contributed by atoms with E-state index in [0.29, 0.717) is 4.74 Å². The van der Waals surface area contributed by atoms with Gasteiger partial charge >= 0.3 is 95.1 Å². The second kappa shape index (κ2) is 11.6. The van der Waals surface area contributed by atoms with Crippen molar-refractivity contribution in [3.63, 3.8) is 0 Å². The molecule has 0 aliphatic carbocycles. The van der Waals surface area contributed by atoms with Crippen LogP contribution in [0.25, 0.3) is 0 Å². The van der Waals surface area contributed by atoms with Gasteiger partial charge in [-0.3, -0.25) is 0 Å². The molecule has 0 fully saturated rings. The standard InChI is InChI=1S/C18H6F32O/c1-3(19,20)5(23,24)7(27,28)9(31,32)11(35,36)13(39,40)15(43,44)17(47,48)51-18(49,50)16(45,46)14(41,42)12(37,38)10(33,34)8(29,30)6(25,26)4(2,21)22/h1-2H3. The second-order valence-corrected chi connectivity index (χ2v) is 9.81. The molecule has 0 unspecified atom stereocenters. The van der Waals surface area contributed by atoms with Crippen LogP contribution in [0.4, 0.5) is 140 Å². The molecule has 0 spiro atoms. The van der Waals surface area contributed by atoms with Crippen molar-refractivity contribution in [3.05, 3.63) is 0 Å². The fraction of sp³-hybridized carbons (Fsp3) is 1.00. The first-order chi connectivity index (χ1) is 21.2. The van der Waals surface area contributed by atoms with Gasteiger partial charge in [0.25, 0.3) is 0 Å². The average Bonchev–Trinajstić information content (AvgIpc) is 2.85. The molecule has 0 saturated carbocycles. The van der Waals surface area contributed by atoms with Gasteiger partial charge in [-0.05, 0) is 0 Å². The van der Waals surface area contributed by atoms with Crippen LogP contribution < -0.4 is 0 Å². The Morgan fingerprint density at radius 1 is 0.196 bits per heavy atom. The minimum atomic E-state index is -9.61. The Morgan fingerprint density at radius 2 is 0.314 bits per heavy atom. The number of halogens is 32. The highest BCUT2D eigenvalue weighted by molar-refractivity contribution is 5.17. The third-order valence-corrected chi connectivity index (χ3v) is 6.03. The van der Waals surface area contributed by atoms with Gasteiger partial charge in [-0.25, -0.2) is 4.74 Å². The third kappa shape index (κ3) is 5.93. The van der Waals surface area contributed by atoms with Crippen LogP contribution in [0.3, 0.4) is 0 Å². The molecule has 51 heavy (non-hydrogen) atoms. The molecule has 1 nitrogen and oxygen atoms in total. The van der Waals surface area contributed by atoms with Crippen molar-refractivity contribution in [1.82, 2.24) is 0 Å². The average molecular weight is 846 g/mol. The summed E-state index contributed by atoms with van der Waals surface area (Å²) in [6.45, 7) is -3.21. The number of hydrogen-bond acceptors (Lipinski definition) is 1. The van der Waals surface area contributed by atoms with Crippen LogP contribution in [-0.4, -0.2) is 95.1 Å². The van der Waals surface area contributed by atoms with E-state index in [1.807, 2.05) is 0 Å². The highest BCUT2D eigenvalue weighted by Crippen LogP contribution is 2.67. The minimum Gasteiger partial charge on any atom is -0.245 e. The van der Waals surface area contributed by atoms with Gasteiger partial charge in [-0.2, -0.15) is 140 Å². The highest BCUT2D eigenvalue weighted by Gasteiger charge is 2.98. The molecule has 0 amide bonds. The number of rotatable bonds is 16. The number of hydrogen-bond donors (Lipinski definition) is 0. The Bertz CT molecular complexity index is 1160. The molecular formula is C18H6F32O. The van der Waals surface area contributed by atoms with E-state index in [9.17, 15) is 140 Å². The topological polar surface area (TPSA) is 9.23 Å². The second-order valence-electron chi connectivity index (χ2n) is 9.81. The van der Waals surface area contributed by atoms with Crippen molar-refractivity contribution in [2.45, 2.75) is 109 Å². The molecule has 0 aromatic heterocycles. The Balaban J connectivity index is 7.35. The monoisotopic (exact) mass is 846 g/mol. The number of alkyl halides is 32. The molecule has 0 bridgehead atoms. The first-order valence-electron chi connectivity index (χ1n) is 11.0. The fourth-order valence-corrected chi connectivity index (χ4v) is 2.78. The summed E-state index contributed by atoms with van der Waals surface area (Å²) in [5, 5.41) is 0. The summed E-state index contributed by atoms with van der Waals surface area (Å²) in [4.78, 5) is 0. The lowest BCUT2D eigenvalue weighted by atomic mass is 9.89. The smallest absolute Gasteiger partial charge is 0.245 e. The number of ether oxygens (including phenoxy) is 1. The lowest BCUT2D eigenvalue weighted by Crippen LogP contribution is -2.76. The van der Waals surface area contributed by atoms with Crippen LogP contribution >= 0.6 is 0 Å². The molecule has 308 valence electrons. The summed E-state index contributed by atoms with van der Waals surface area (Å²) in [6.07, 6.45) is -18.5. The predicted octanol–water partition coefficient (Wildman–Crippen LogP) is 11.1. The van der Waals surface area contributed by atoms with E-state index in [1.165, 1.54) is 0 Å². The zero-order chi connectivity index (χ0) is 42.7. The molecule has 0 radical (unpaired) electrons. The van der Waals surface area contributed by atoms with Crippen LogP contribution in [0.15, 0.2) is 0 Å². The van der Waals surface area contributed by atoms with Crippen LogP contribution in [0.5, 0.6) is 0 Å². The van der Waals surface area contributed by atoms with Crippen molar-refractivity contribution in [2.75, 3.05) is 0 Å². The maximum absolute atomic E-state index is 13.7. The first-order valence-corrected chi connectivity index (χ1v) is 11.0. The van der Waals surface area contributed by atoms with E-state index in [4.69, 9.17) is 0 Å². The summed E-state index contributed by atoms with van der Waals surface area (Å²) in [5.74, 6) is -124. The van der Waals surface area contributed by atoms with Crippen LogP contribution in [0, 0.1) is 0 Å². The molecule has 0 saturated heterocycles. The van der Waals surface area contributed by atoms with Gasteiger partial charge in [-0.1, -0.05) is 0 Å². The highest BCUT2D eigenvalue weighted by atomic mass is 19.4. The Hall–Kier alpha value is -2.28. The molecule has 0 aromatic rings. The first kappa shape index (κ1) is 48.7. The Kier molecular flexibility index (Phi) is 11.1. The molecule has 0 heterocycles. The van der Waals surface area contributed by atoms with Gasteiger partial charge < -0.3 is 0 Å². The molecule has 0 aromatic carbocycles. The molecule has 0 aliphatic heterocycles. The summed E-state index contributed by atoms with van der Waals surface area (Å²) in [7, 11) is 0. The van der Waals surface area contributed by atoms with E-state index in [1.54, 1.807) is 0 Å². The summed E-state index contributed by atoms with van der Waals surface area (Å²) in [5.41, 5.74) is 0. The van der Waals surface area contributed by atoms with E-state index in [2.05, 4.69) is 0 Å². The van der Waals surface area contributed by atoms with E-state index in [0.717, 1.165) is 0 Å². The van der Waals surface area contributed by atoms with Crippen molar-refractivity contribution in [1.29, 1.82) is 0 Å². The van der Waals surface area contributed by atoms with Gasteiger partial charge in [0, 0.05) is 13.8 Å². The maximum Gasteiger partial charge on any atom is 0.430 e. The fourth-order valence-electron chi connectivity index (χ4n) is 2.78. The van der Waals surface area contributed by atoms with Gasteiger partial charge in [-0.15, -0.1) is 0 Å². The van der Waals surface area contributed by atoms with Gasteiger partial charge in [0.2, 0.25) is 0 Å². The normalized spacial score (nSPS) is 17.3. The molecular weight excluding hydrogens is 840 g/mol. The lowest BCUT2D eigenvalue weighted by molar-refractivity contribution is -0.529. The molecule has 0 rings (SSSR count). The van der Waals surface area contributed by atoms with Crippen molar-refractivity contribution >= 4 is 0 Å². The maximum atomic E-state index is 13.7. The van der Waals surface area contributed by atoms with Crippen LogP contribution in [0.1, 0.15) is 13.8 Å². The van der Waals surface area contributed by atoms with E-state index >= 15 is 0 Å². The Labute approximate surface area is 255 Å². The Morgan fingerprint density at radius 3 is 0.451 bits per heavy atom. The molecule has 0 atom stereocenters. The molecule has 33 heteroatoms. The van der Waals surface area contributed by atoms with Crippen LogP contribution in [0.2, 0.25) is 0 Å². The van der Waals surface area contributed by atoms with E-state index in [-0.39, 0.29) is 0 Å². The zero-order valence-electron chi connectivity index (χ0n) is 22.5. The van der Waals surface area contributed by atoms with Crippen molar-refractivity contribution in [3.8, 4) is 0 Å². The summed E-state index contributed by atoms with van der Waals surface area (Å²) >= 11 is 0. The van der Waals surface area contributed by atoms with Crippen molar-refractivity contribution < 1.29 is 145 Å². The minimum absolute atomic E-state index is 0.563. The SMILES string of the molecule is CC(F)(F)C(F)(F)C(F)(F)C(F)(F)C(F)(F)C(F)(F)C(F)(F)C(F)(F)OC(F)(F)C(F)(F)C(F)(F)C(F)(F)C(F)(F)C(F)(F)C(F)(F)C(C)(F)F. The lowest BCUT2D eigenvalue weighted by Gasteiger charge is -2.44. The third-order valence-electron chi connectivity index (χ3n) is 6.03. The molecule has 0 N–H and O–H groups in total. The van der Waals surface area contributed by atoms with Gasteiger partial charge in [0.15, 0.2) is 0 Å². The molecule has 0 aliphatic rings. The van der Waals surface area contributed by atoms with E-state index < -0.39 is 109 Å².